The Morgan fingerprint density at radius 3 is 2.32 bits per heavy atom. The van der Waals surface area contributed by atoms with Crippen molar-refractivity contribution in [1.29, 1.82) is 0 Å². The Labute approximate surface area is 158 Å². The maximum absolute atomic E-state index is 12.4. The van der Waals surface area contributed by atoms with Crippen LogP contribution >= 0.6 is 22.6 Å². The van der Waals surface area contributed by atoms with Gasteiger partial charge in [0, 0.05) is 3.57 Å². The van der Waals surface area contributed by atoms with Crippen LogP contribution in [0, 0.1) is 10.5 Å². The van der Waals surface area contributed by atoms with Gasteiger partial charge < -0.3 is 23.9 Å². The standard InChI is InChI=1S/C17H18INO6/c1-9-11(17(21)24-4)5-10(25-9)8-19-16(20)12-6-14(22-2)15(23-3)7-13(12)18/h5-7H,8H2,1-4H3,(H,19,20). The van der Waals surface area contributed by atoms with Crippen molar-refractivity contribution in [1.82, 2.24) is 5.32 Å². The quantitative estimate of drug-likeness (QED) is 0.528. The molecule has 0 fully saturated rings. The molecule has 0 bridgehead atoms. The summed E-state index contributed by atoms with van der Waals surface area (Å²) in [4.78, 5) is 24.0. The fourth-order valence-corrected chi connectivity index (χ4v) is 2.92. The number of amides is 1. The molecule has 7 nitrogen and oxygen atoms in total. The van der Waals surface area contributed by atoms with E-state index in [-0.39, 0.29) is 12.5 Å². The van der Waals surface area contributed by atoms with E-state index in [0.29, 0.717) is 34.1 Å². The molecule has 0 unspecified atom stereocenters. The Morgan fingerprint density at radius 2 is 1.72 bits per heavy atom. The van der Waals surface area contributed by atoms with Crippen molar-refractivity contribution in [2.45, 2.75) is 13.5 Å². The third-order valence-corrected chi connectivity index (χ3v) is 4.41. The molecule has 0 aliphatic carbocycles. The molecule has 0 saturated heterocycles. The molecule has 134 valence electrons. The highest BCUT2D eigenvalue weighted by molar-refractivity contribution is 14.1. The highest BCUT2D eigenvalue weighted by atomic mass is 127. The number of halogens is 1. The lowest BCUT2D eigenvalue weighted by molar-refractivity contribution is 0.0598. The second-order valence-electron chi connectivity index (χ2n) is 5.04. The Hall–Kier alpha value is -2.23. The van der Waals surface area contributed by atoms with Crippen LogP contribution in [0.4, 0.5) is 0 Å². The van der Waals surface area contributed by atoms with Crippen molar-refractivity contribution in [3.05, 3.63) is 44.4 Å². The first kappa shape index (κ1) is 19.1. The van der Waals surface area contributed by atoms with Crippen molar-refractivity contribution in [3.8, 4) is 11.5 Å². The highest BCUT2D eigenvalue weighted by Crippen LogP contribution is 2.31. The summed E-state index contributed by atoms with van der Waals surface area (Å²) in [6.45, 7) is 1.80. The summed E-state index contributed by atoms with van der Waals surface area (Å²) in [6, 6.07) is 4.89. The minimum atomic E-state index is -0.478. The number of ether oxygens (including phenoxy) is 3. The first-order valence-corrected chi connectivity index (χ1v) is 8.36. The number of hydrogen-bond acceptors (Lipinski definition) is 6. The summed E-state index contributed by atoms with van der Waals surface area (Å²) < 4.78 is 21.3. The molecule has 1 N–H and O–H groups in total. The van der Waals surface area contributed by atoms with Crippen molar-refractivity contribution in [2.24, 2.45) is 0 Å². The number of benzene rings is 1. The molecule has 2 rings (SSSR count). The van der Waals surface area contributed by atoms with E-state index in [9.17, 15) is 9.59 Å². The number of furan rings is 1. The van der Waals surface area contributed by atoms with Gasteiger partial charge in [0.1, 0.15) is 17.1 Å². The van der Waals surface area contributed by atoms with Crippen LogP contribution in [0.15, 0.2) is 22.6 Å². The number of methoxy groups -OCH3 is 3. The Morgan fingerprint density at radius 1 is 1.08 bits per heavy atom. The van der Waals surface area contributed by atoms with Crippen LogP contribution in [0.3, 0.4) is 0 Å². The Kier molecular flexibility index (Phi) is 6.29. The van der Waals surface area contributed by atoms with E-state index in [1.807, 2.05) is 0 Å². The highest BCUT2D eigenvalue weighted by Gasteiger charge is 2.18. The van der Waals surface area contributed by atoms with Gasteiger partial charge >= 0.3 is 5.97 Å². The second-order valence-corrected chi connectivity index (χ2v) is 6.21. The van der Waals surface area contributed by atoms with E-state index in [1.165, 1.54) is 21.3 Å². The molecular weight excluding hydrogens is 441 g/mol. The van der Waals surface area contributed by atoms with Crippen molar-refractivity contribution in [3.63, 3.8) is 0 Å². The number of carbonyl (C=O) groups excluding carboxylic acids is 2. The van der Waals surface area contributed by atoms with E-state index in [2.05, 4.69) is 32.6 Å². The molecule has 8 heteroatoms. The summed E-state index contributed by atoms with van der Waals surface area (Å²) in [6.07, 6.45) is 0. The molecule has 0 aliphatic rings. The SMILES string of the molecule is COC(=O)c1cc(CNC(=O)c2cc(OC)c(OC)cc2I)oc1C. The van der Waals surface area contributed by atoms with Crippen LogP contribution < -0.4 is 14.8 Å². The number of hydrogen-bond donors (Lipinski definition) is 1. The zero-order valence-electron chi connectivity index (χ0n) is 14.3. The summed E-state index contributed by atoms with van der Waals surface area (Å²) in [5.74, 6) is 1.15. The largest absolute Gasteiger partial charge is 0.493 e. The molecule has 0 radical (unpaired) electrons. The second kappa shape index (κ2) is 8.24. The third-order valence-electron chi connectivity index (χ3n) is 3.52. The number of esters is 1. The van der Waals surface area contributed by atoms with Crippen LogP contribution in [0.25, 0.3) is 0 Å². The molecule has 1 amide bonds. The van der Waals surface area contributed by atoms with Gasteiger partial charge in [0.25, 0.3) is 5.91 Å². The number of rotatable bonds is 6. The number of nitrogens with one attached hydrogen (secondary N) is 1. The monoisotopic (exact) mass is 459 g/mol. The maximum Gasteiger partial charge on any atom is 0.341 e. The Balaban J connectivity index is 2.14. The molecule has 0 saturated carbocycles. The molecule has 0 spiro atoms. The number of aryl methyl sites for hydroxylation is 1. The molecule has 0 aliphatic heterocycles. The van der Waals surface area contributed by atoms with E-state index in [4.69, 9.17) is 13.9 Å². The smallest absolute Gasteiger partial charge is 0.341 e. The zero-order valence-corrected chi connectivity index (χ0v) is 16.4. The summed E-state index contributed by atoms with van der Waals surface area (Å²) >= 11 is 2.05. The van der Waals surface area contributed by atoms with Crippen LogP contribution in [0.1, 0.15) is 32.2 Å². The molecule has 1 aromatic heterocycles. The van der Waals surface area contributed by atoms with E-state index in [1.54, 1.807) is 25.1 Å². The molecule has 1 heterocycles. The minimum absolute atomic E-state index is 0.140. The number of carbonyl (C=O) groups is 2. The zero-order chi connectivity index (χ0) is 18.6. The molecule has 1 aromatic carbocycles. The van der Waals surface area contributed by atoms with Gasteiger partial charge in [-0.15, -0.1) is 0 Å². The van der Waals surface area contributed by atoms with Gasteiger partial charge in [0.2, 0.25) is 0 Å². The van der Waals surface area contributed by atoms with Gasteiger partial charge in [-0.05, 0) is 47.7 Å². The van der Waals surface area contributed by atoms with Crippen molar-refractivity contribution in [2.75, 3.05) is 21.3 Å². The third kappa shape index (κ3) is 4.25. The van der Waals surface area contributed by atoms with Gasteiger partial charge in [-0.2, -0.15) is 0 Å². The van der Waals surface area contributed by atoms with Crippen LogP contribution in [-0.2, 0) is 11.3 Å². The Bertz CT molecular complexity index is 799. The average molecular weight is 459 g/mol. The first-order chi connectivity index (χ1) is 11.9. The van der Waals surface area contributed by atoms with Gasteiger partial charge in [-0.25, -0.2) is 4.79 Å². The summed E-state index contributed by atoms with van der Waals surface area (Å²) in [5, 5.41) is 2.76. The maximum atomic E-state index is 12.4. The van der Waals surface area contributed by atoms with Gasteiger partial charge in [0.15, 0.2) is 11.5 Å². The molecule has 2 aromatic rings. The fourth-order valence-electron chi connectivity index (χ4n) is 2.23. The first-order valence-electron chi connectivity index (χ1n) is 7.28. The van der Waals surface area contributed by atoms with Crippen LogP contribution in [0.5, 0.6) is 11.5 Å². The lowest BCUT2D eigenvalue weighted by atomic mass is 10.2. The lowest BCUT2D eigenvalue weighted by Gasteiger charge is -2.11. The molecule has 0 atom stereocenters. The lowest BCUT2D eigenvalue weighted by Crippen LogP contribution is -2.23. The predicted octanol–water partition coefficient (Wildman–Crippen LogP) is 2.93. The summed E-state index contributed by atoms with van der Waals surface area (Å²) in [5.41, 5.74) is 0.794. The minimum Gasteiger partial charge on any atom is -0.493 e. The molecule has 25 heavy (non-hydrogen) atoms. The van der Waals surface area contributed by atoms with E-state index < -0.39 is 5.97 Å². The van der Waals surface area contributed by atoms with Gasteiger partial charge in [-0.1, -0.05) is 0 Å². The van der Waals surface area contributed by atoms with Crippen LogP contribution in [0.2, 0.25) is 0 Å². The summed E-state index contributed by atoms with van der Waals surface area (Å²) in [7, 11) is 4.34. The van der Waals surface area contributed by atoms with Crippen molar-refractivity contribution < 1.29 is 28.2 Å². The molecular formula is C17H18INO6. The normalized spacial score (nSPS) is 10.3. The van der Waals surface area contributed by atoms with E-state index >= 15 is 0 Å². The van der Waals surface area contributed by atoms with Crippen LogP contribution in [-0.4, -0.2) is 33.2 Å². The van der Waals surface area contributed by atoms with E-state index in [0.717, 1.165) is 3.57 Å². The van der Waals surface area contributed by atoms with Gasteiger partial charge in [-0.3, -0.25) is 4.79 Å². The van der Waals surface area contributed by atoms with Crippen molar-refractivity contribution >= 4 is 34.5 Å². The average Bonchev–Trinajstić information content (AvgIpc) is 2.99. The topological polar surface area (TPSA) is 87.0 Å². The van der Waals surface area contributed by atoms with Gasteiger partial charge in [0.05, 0.1) is 33.4 Å². The fraction of sp³-hybridized carbons (Fsp3) is 0.294. The predicted molar refractivity (Wildman–Crippen MR) is 98.2 cm³/mol.